The summed E-state index contributed by atoms with van der Waals surface area (Å²) in [5, 5.41) is 10.2. The number of aliphatic hydroxyl groups excluding tert-OH is 1. The van der Waals surface area contributed by atoms with Crippen LogP contribution in [0.2, 0.25) is 0 Å². The van der Waals surface area contributed by atoms with Gasteiger partial charge in [-0.25, -0.2) is 15.2 Å². The van der Waals surface area contributed by atoms with Gasteiger partial charge in [-0.3, -0.25) is 4.79 Å². The average Bonchev–Trinajstić information content (AvgIpc) is 2.90. The first-order valence-electron chi connectivity index (χ1n) is 6.74. The predicted molar refractivity (Wildman–Crippen MR) is 74.8 cm³/mol. The normalized spacial score (nSPS) is 15.3. The highest BCUT2D eigenvalue weighted by Crippen LogP contribution is 2.17. The molecule has 6 heteroatoms. The fraction of sp³-hybridized carbons (Fsp3) is 0.571. The number of rotatable bonds is 8. The van der Waals surface area contributed by atoms with Gasteiger partial charge in [0.1, 0.15) is 5.78 Å². The predicted octanol–water partition coefficient (Wildman–Crippen LogP) is 1.03. The molecule has 112 valence electrons. The molecule has 2 N–H and O–H groups in total. The van der Waals surface area contributed by atoms with Crippen molar-refractivity contribution in [3.8, 4) is 0 Å². The van der Waals surface area contributed by atoms with Gasteiger partial charge in [0.25, 0.3) is 0 Å². The number of aliphatic hydroxyl groups is 1. The second-order valence-electron chi connectivity index (χ2n) is 4.56. The van der Waals surface area contributed by atoms with Crippen LogP contribution in [0, 0.1) is 5.92 Å². The SMILES string of the molecule is CCOC(=O)N(CCO)NC(CC(C)=O)C1C=CC=C1. The Morgan fingerprint density at radius 1 is 1.40 bits per heavy atom. The zero-order valence-electron chi connectivity index (χ0n) is 11.9. The van der Waals surface area contributed by atoms with Gasteiger partial charge in [-0.1, -0.05) is 24.3 Å². The molecule has 0 spiro atoms. The second-order valence-corrected chi connectivity index (χ2v) is 4.56. The van der Waals surface area contributed by atoms with Crippen molar-refractivity contribution in [3.63, 3.8) is 0 Å². The van der Waals surface area contributed by atoms with Gasteiger partial charge in [0.15, 0.2) is 0 Å². The lowest BCUT2D eigenvalue weighted by molar-refractivity contribution is -0.117. The number of hydrogen-bond acceptors (Lipinski definition) is 5. The minimum Gasteiger partial charge on any atom is -0.449 e. The summed E-state index contributed by atoms with van der Waals surface area (Å²) in [6.07, 6.45) is 7.47. The Balaban J connectivity index is 2.72. The van der Waals surface area contributed by atoms with E-state index in [2.05, 4.69) is 5.43 Å². The zero-order chi connectivity index (χ0) is 15.0. The van der Waals surface area contributed by atoms with Crippen LogP contribution >= 0.6 is 0 Å². The smallest absolute Gasteiger partial charge is 0.424 e. The van der Waals surface area contributed by atoms with E-state index in [0.717, 1.165) is 0 Å². The van der Waals surface area contributed by atoms with Crippen LogP contribution in [-0.4, -0.2) is 47.8 Å². The van der Waals surface area contributed by atoms with Crippen molar-refractivity contribution in [3.05, 3.63) is 24.3 Å². The highest BCUT2D eigenvalue weighted by Gasteiger charge is 2.25. The van der Waals surface area contributed by atoms with Gasteiger partial charge in [0.2, 0.25) is 0 Å². The molecule has 0 radical (unpaired) electrons. The molecule has 1 aliphatic rings. The molecule has 1 aliphatic carbocycles. The number of nitrogens with zero attached hydrogens (tertiary/aromatic N) is 1. The number of ether oxygens (including phenoxy) is 1. The number of nitrogens with one attached hydrogen (secondary N) is 1. The summed E-state index contributed by atoms with van der Waals surface area (Å²) in [5.74, 6) is 0.0681. The van der Waals surface area contributed by atoms with E-state index >= 15 is 0 Å². The molecule has 0 saturated heterocycles. The lowest BCUT2D eigenvalue weighted by atomic mass is 9.97. The molecule has 0 aliphatic heterocycles. The Hall–Kier alpha value is -1.66. The lowest BCUT2D eigenvalue weighted by Crippen LogP contribution is -2.52. The van der Waals surface area contributed by atoms with Gasteiger partial charge in [-0.05, 0) is 13.8 Å². The minimum absolute atomic E-state index is 0.0315. The third kappa shape index (κ3) is 5.14. The molecule has 1 unspecified atom stereocenters. The summed E-state index contributed by atoms with van der Waals surface area (Å²) in [4.78, 5) is 23.2. The number of hydrogen-bond donors (Lipinski definition) is 2. The Labute approximate surface area is 119 Å². The van der Waals surface area contributed by atoms with E-state index < -0.39 is 6.09 Å². The van der Waals surface area contributed by atoms with Crippen molar-refractivity contribution >= 4 is 11.9 Å². The number of hydrazine groups is 1. The Morgan fingerprint density at radius 3 is 2.55 bits per heavy atom. The maximum absolute atomic E-state index is 11.8. The molecule has 0 aromatic carbocycles. The van der Waals surface area contributed by atoms with Gasteiger partial charge >= 0.3 is 6.09 Å². The molecule has 1 amide bonds. The summed E-state index contributed by atoms with van der Waals surface area (Å²) in [7, 11) is 0. The minimum atomic E-state index is -0.555. The molecule has 0 saturated carbocycles. The Bertz CT molecular complexity index is 381. The van der Waals surface area contributed by atoms with Gasteiger partial charge in [0.05, 0.1) is 19.8 Å². The third-order valence-corrected chi connectivity index (χ3v) is 2.88. The van der Waals surface area contributed by atoms with Crippen molar-refractivity contribution in [2.24, 2.45) is 5.92 Å². The number of amides is 1. The highest BCUT2D eigenvalue weighted by molar-refractivity contribution is 5.76. The first-order valence-corrected chi connectivity index (χ1v) is 6.74. The van der Waals surface area contributed by atoms with Gasteiger partial charge in [-0.15, -0.1) is 0 Å². The lowest BCUT2D eigenvalue weighted by Gasteiger charge is -2.29. The average molecular weight is 282 g/mol. The number of ketones is 1. The largest absolute Gasteiger partial charge is 0.449 e. The van der Waals surface area contributed by atoms with Crippen LogP contribution in [0.5, 0.6) is 0 Å². The standard InChI is InChI=1S/C14H22N2O4/c1-3-20-14(19)16(8-9-17)15-13(10-11(2)18)12-6-4-5-7-12/h4-7,12-13,15,17H,3,8-10H2,1-2H3. The summed E-state index contributed by atoms with van der Waals surface area (Å²) in [5.41, 5.74) is 2.99. The first kappa shape index (κ1) is 16.4. The molecule has 0 aromatic rings. The van der Waals surface area contributed by atoms with Crippen molar-refractivity contribution in [1.82, 2.24) is 10.4 Å². The van der Waals surface area contributed by atoms with Crippen LogP contribution in [0.25, 0.3) is 0 Å². The van der Waals surface area contributed by atoms with Crippen LogP contribution in [0.3, 0.4) is 0 Å². The molecular formula is C14H22N2O4. The zero-order valence-corrected chi connectivity index (χ0v) is 11.9. The summed E-state index contributed by atoms with van der Waals surface area (Å²) < 4.78 is 4.92. The molecule has 1 rings (SSSR count). The number of Topliss-reactive ketones (excluding diaryl/α,β-unsaturated/α-hetero) is 1. The van der Waals surface area contributed by atoms with Crippen molar-refractivity contribution in [2.45, 2.75) is 26.3 Å². The molecular weight excluding hydrogens is 260 g/mol. The summed E-state index contributed by atoms with van der Waals surface area (Å²) >= 11 is 0. The Kier molecular flexibility index (Phi) is 6.97. The van der Waals surface area contributed by atoms with Crippen LogP contribution in [-0.2, 0) is 9.53 Å². The molecule has 0 aromatic heterocycles. The van der Waals surface area contributed by atoms with Crippen LogP contribution < -0.4 is 5.43 Å². The van der Waals surface area contributed by atoms with Crippen LogP contribution in [0.15, 0.2) is 24.3 Å². The number of carbonyl (C=O) groups is 2. The number of carbonyl (C=O) groups excluding carboxylic acids is 2. The first-order chi connectivity index (χ1) is 9.58. The van der Waals surface area contributed by atoms with Gasteiger partial charge < -0.3 is 9.84 Å². The van der Waals surface area contributed by atoms with E-state index in [1.54, 1.807) is 6.92 Å². The van der Waals surface area contributed by atoms with Gasteiger partial charge in [0, 0.05) is 18.4 Å². The molecule has 6 nitrogen and oxygen atoms in total. The summed E-state index contributed by atoms with van der Waals surface area (Å²) in [6, 6.07) is -0.238. The molecule has 20 heavy (non-hydrogen) atoms. The maximum Gasteiger partial charge on any atom is 0.424 e. The van der Waals surface area contributed by atoms with Gasteiger partial charge in [-0.2, -0.15) is 0 Å². The van der Waals surface area contributed by atoms with E-state index in [0.29, 0.717) is 6.42 Å². The van der Waals surface area contributed by atoms with Crippen molar-refractivity contribution in [1.29, 1.82) is 0 Å². The van der Waals surface area contributed by atoms with Crippen molar-refractivity contribution < 1.29 is 19.4 Å². The van der Waals surface area contributed by atoms with E-state index in [-0.39, 0.29) is 37.5 Å². The second kappa shape index (κ2) is 8.50. The molecule has 1 atom stereocenters. The monoisotopic (exact) mass is 282 g/mol. The maximum atomic E-state index is 11.8. The van der Waals surface area contributed by atoms with E-state index in [9.17, 15) is 9.59 Å². The quantitative estimate of drug-likeness (QED) is 0.650. The highest BCUT2D eigenvalue weighted by atomic mass is 16.6. The van der Waals surface area contributed by atoms with Crippen molar-refractivity contribution in [2.75, 3.05) is 19.8 Å². The molecule has 0 bridgehead atoms. The fourth-order valence-electron chi connectivity index (χ4n) is 2.00. The van der Waals surface area contributed by atoms with Crippen LogP contribution in [0.1, 0.15) is 20.3 Å². The van der Waals surface area contributed by atoms with Crippen LogP contribution in [0.4, 0.5) is 4.79 Å². The third-order valence-electron chi connectivity index (χ3n) is 2.88. The van der Waals surface area contributed by atoms with E-state index in [4.69, 9.17) is 9.84 Å². The molecule has 0 fully saturated rings. The van der Waals surface area contributed by atoms with E-state index in [1.165, 1.54) is 11.9 Å². The topological polar surface area (TPSA) is 78.9 Å². The Morgan fingerprint density at radius 2 is 2.05 bits per heavy atom. The fourth-order valence-corrected chi connectivity index (χ4v) is 2.00. The molecule has 0 heterocycles. The number of allylic oxidation sites excluding steroid dienone is 2. The van der Waals surface area contributed by atoms with E-state index in [1.807, 2.05) is 24.3 Å². The summed E-state index contributed by atoms with van der Waals surface area (Å²) in [6.45, 7) is 3.40.